The van der Waals surface area contributed by atoms with Crippen LogP contribution >= 0.6 is 15.9 Å². The maximum Gasteiger partial charge on any atom is 0.257 e. The summed E-state index contributed by atoms with van der Waals surface area (Å²) < 4.78 is 19.3. The van der Waals surface area contributed by atoms with Gasteiger partial charge in [-0.2, -0.15) is 0 Å². The van der Waals surface area contributed by atoms with Crippen LogP contribution in [0.4, 0.5) is 4.39 Å². The van der Waals surface area contributed by atoms with Crippen molar-refractivity contribution in [1.29, 1.82) is 0 Å². The molecule has 1 aromatic carbocycles. The fourth-order valence-corrected chi connectivity index (χ4v) is 2.08. The number of aromatic nitrogens is 1. The fraction of sp³-hybridized carbons (Fsp3) is 0.143. The number of amides is 1. The van der Waals surface area contributed by atoms with E-state index >= 15 is 0 Å². The highest BCUT2D eigenvalue weighted by molar-refractivity contribution is 9.10. The Labute approximate surface area is 124 Å². The van der Waals surface area contributed by atoms with Gasteiger partial charge in [-0.05, 0) is 30.3 Å². The van der Waals surface area contributed by atoms with E-state index in [1.54, 1.807) is 24.3 Å². The molecule has 0 aliphatic rings. The van der Waals surface area contributed by atoms with Crippen molar-refractivity contribution in [1.82, 2.24) is 10.3 Å². The van der Waals surface area contributed by atoms with Crippen LogP contribution in [0.3, 0.4) is 0 Å². The number of nitrogens with one attached hydrogen (secondary N) is 1. The Morgan fingerprint density at radius 1 is 1.45 bits per heavy atom. The molecule has 0 aliphatic heterocycles. The summed E-state index contributed by atoms with van der Waals surface area (Å²) >= 11 is 3.26. The number of ether oxygens (including phenoxy) is 1. The summed E-state index contributed by atoms with van der Waals surface area (Å²) in [7, 11) is 1.44. The van der Waals surface area contributed by atoms with Gasteiger partial charge in [-0.15, -0.1) is 0 Å². The molecule has 0 unspecified atom stereocenters. The summed E-state index contributed by atoms with van der Waals surface area (Å²) in [4.78, 5) is 16.0. The molecule has 2 rings (SSSR count). The Kier molecular flexibility index (Phi) is 4.68. The summed E-state index contributed by atoms with van der Waals surface area (Å²) in [5.74, 6) is -0.499. The second kappa shape index (κ2) is 6.47. The first-order valence-corrected chi connectivity index (χ1v) is 6.62. The molecule has 1 heterocycles. The van der Waals surface area contributed by atoms with Gasteiger partial charge in [0.15, 0.2) is 0 Å². The molecule has 20 heavy (non-hydrogen) atoms. The van der Waals surface area contributed by atoms with E-state index in [0.29, 0.717) is 11.1 Å². The third-order valence-electron chi connectivity index (χ3n) is 2.66. The zero-order valence-electron chi connectivity index (χ0n) is 10.7. The van der Waals surface area contributed by atoms with Gasteiger partial charge >= 0.3 is 0 Å². The van der Waals surface area contributed by atoms with Crippen LogP contribution in [0.15, 0.2) is 41.0 Å². The first kappa shape index (κ1) is 14.5. The van der Waals surface area contributed by atoms with Gasteiger partial charge in [0.05, 0.1) is 7.11 Å². The Morgan fingerprint density at radius 3 is 3.00 bits per heavy atom. The van der Waals surface area contributed by atoms with Crippen molar-refractivity contribution in [3.63, 3.8) is 0 Å². The van der Waals surface area contributed by atoms with Crippen molar-refractivity contribution in [2.45, 2.75) is 6.54 Å². The molecular formula is C14H12BrFN2O2. The molecule has 0 saturated carbocycles. The zero-order chi connectivity index (χ0) is 14.5. The van der Waals surface area contributed by atoms with E-state index < -0.39 is 0 Å². The largest absolute Gasteiger partial charge is 0.480 e. The van der Waals surface area contributed by atoms with E-state index in [0.717, 1.165) is 4.47 Å². The van der Waals surface area contributed by atoms with E-state index in [2.05, 4.69) is 26.2 Å². The maximum absolute atomic E-state index is 13.6. The number of methoxy groups -OCH3 is 1. The lowest BCUT2D eigenvalue weighted by molar-refractivity contribution is 0.0947. The van der Waals surface area contributed by atoms with Gasteiger partial charge in [-0.1, -0.05) is 15.9 Å². The monoisotopic (exact) mass is 338 g/mol. The van der Waals surface area contributed by atoms with E-state index in [1.165, 1.54) is 19.4 Å². The predicted octanol–water partition coefficient (Wildman–Crippen LogP) is 2.92. The normalized spacial score (nSPS) is 10.2. The van der Waals surface area contributed by atoms with Crippen molar-refractivity contribution in [3.05, 3.63) is 57.9 Å². The number of pyridine rings is 1. The van der Waals surface area contributed by atoms with E-state index in [-0.39, 0.29) is 24.1 Å². The molecule has 1 N–H and O–H groups in total. The standard InChI is InChI=1S/C14H12BrFN2O2/c1-20-14-11(3-2-6-17-14)13(19)18-8-9-7-10(15)4-5-12(9)16/h2-7H,8H2,1H3,(H,18,19). The number of halogens is 2. The lowest BCUT2D eigenvalue weighted by atomic mass is 10.2. The van der Waals surface area contributed by atoms with Gasteiger partial charge in [0.2, 0.25) is 5.88 Å². The van der Waals surface area contributed by atoms with Crippen LogP contribution in [0.1, 0.15) is 15.9 Å². The number of carbonyl (C=O) groups is 1. The van der Waals surface area contributed by atoms with Crippen LogP contribution in [-0.4, -0.2) is 18.0 Å². The SMILES string of the molecule is COc1ncccc1C(=O)NCc1cc(Br)ccc1F. The average Bonchev–Trinajstić information content (AvgIpc) is 2.47. The highest BCUT2D eigenvalue weighted by Gasteiger charge is 2.13. The molecule has 0 aliphatic carbocycles. The smallest absolute Gasteiger partial charge is 0.257 e. The summed E-state index contributed by atoms with van der Waals surface area (Å²) in [5.41, 5.74) is 0.709. The molecule has 0 spiro atoms. The van der Waals surface area contributed by atoms with Crippen LogP contribution in [0.5, 0.6) is 5.88 Å². The van der Waals surface area contributed by atoms with Gasteiger partial charge in [-0.25, -0.2) is 9.37 Å². The second-order valence-electron chi connectivity index (χ2n) is 3.98. The number of rotatable bonds is 4. The zero-order valence-corrected chi connectivity index (χ0v) is 12.3. The van der Waals surface area contributed by atoms with Gasteiger partial charge in [0, 0.05) is 22.8 Å². The molecule has 104 valence electrons. The molecular weight excluding hydrogens is 327 g/mol. The minimum Gasteiger partial charge on any atom is -0.480 e. The molecule has 1 aromatic heterocycles. The molecule has 0 atom stereocenters. The lowest BCUT2D eigenvalue weighted by Crippen LogP contribution is -2.24. The molecule has 0 fully saturated rings. The number of nitrogens with zero attached hydrogens (tertiary/aromatic N) is 1. The maximum atomic E-state index is 13.6. The summed E-state index contributed by atoms with van der Waals surface area (Å²) in [6.45, 7) is 0.0855. The predicted molar refractivity (Wildman–Crippen MR) is 76.1 cm³/mol. The highest BCUT2D eigenvalue weighted by Crippen LogP contribution is 2.16. The average molecular weight is 339 g/mol. The van der Waals surface area contributed by atoms with Crippen LogP contribution in [0.2, 0.25) is 0 Å². The quantitative estimate of drug-likeness (QED) is 0.932. The second-order valence-corrected chi connectivity index (χ2v) is 4.89. The van der Waals surface area contributed by atoms with Gasteiger partial charge in [0.25, 0.3) is 5.91 Å². The van der Waals surface area contributed by atoms with Gasteiger partial charge < -0.3 is 10.1 Å². The Morgan fingerprint density at radius 2 is 2.25 bits per heavy atom. The van der Waals surface area contributed by atoms with Crippen LogP contribution in [0, 0.1) is 5.82 Å². The summed E-state index contributed by atoms with van der Waals surface area (Å²) in [6.07, 6.45) is 1.53. The molecule has 0 saturated heterocycles. The van der Waals surface area contributed by atoms with Gasteiger partial charge in [0.1, 0.15) is 11.4 Å². The van der Waals surface area contributed by atoms with Crippen LogP contribution in [-0.2, 0) is 6.54 Å². The van der Waals surface area contributed by atoms with Crippen molar-refractivity contribution in [2.75, 3.05) is 7.11 Å². The highest BCUT2D eigenvalue weighted by atomic mass is 79.9. The molecule has 6 heteroatoms. The Balaban J connectivity index is 2.11. The van der Waals surface area contributed by atoms with E-state index in [1.807, 2.05) is 0 Å². The minimum absolute atomic E-state index is 0.0855. The first-order chi connectivity index (χ1) is 9.61. The van der Waals surface area contributed by atoms with Gasteiger partial charge in [-0.3, -0.25) is 4.79 Å². The Bertz CT molecular complexity index is 634. The number of hydrogen-bond acceptors (Lipinski definition) is 3. The molecule has 0 radical (unpaired) electrons. The molecule has 4 nitrogen and oxygen atoms in total. The van der Waals surface area contributed by atoms with E-state index in [4.69, 9.17) is 4.74 Å². The van der Waals surface area contributed by atoms with Crippen LogP contribution in [0.25, 0.3) is 0 Å². The molecule has 2 aromatic rings. The number of carbonyl (C=O) groups excluding carboxylic acids is 1. The first-order valence-electron chi connectivity index (χ1n) is 5.83. The number of hydrogen-bond donors (Lipinski definition) is 1. The molecule has 0 bridgehead atoms. The molecule has 1 amide bonds. The van der Waals surface area contributed by atoms with E-state index in [9.17, 15) is 9.18 Å². The minimum atomic E-state index is -0.369. The third kappa shape index (κ3) is 3.33. The van der Waals surface area contributed by atoms with Crippen molar-refractivity contribution < 1.29 is 13.9 Å². The summed E-state index contributed by atoms with van der Waals surface area (Å²) in [5, 5.41) is 2.64. The Hall–Kier alpha value is -1.95. The van der Waals surface area contributed by atoms with Crippen molar-refractivity contribution >= 4 is 21.8 Å². The van der Waals surface area contributed by atoms with Crippen LogP contribution < -0.4 is 10.1 Å². The summed E-state index contributed by atoms with van der Waals surface area (Å²) in [6, 6.07) is 7.80. The number of benzene rings is 1. The lowest BCUT2D eigenvalue weighted by Gasteiger charge is -2.09. The van der Waals surface area contributed by atoms with Crippen molar-refractivity contribution in [2.24, 2.45) is 0 Å². The van der Waals surface area contributed by atoms with Crippen molar-refractivity contribution in [3.8, 4) is 5.88 Å². The topological polar surface area (TPSA) is 51.2 Å². The third-order valence-corrected chi connectivity index (χ3v) is 3.15. The fourth-order valence-electron chi connectivity index (χ4n) is 1.68.